The molecule has 1 aromatic heterocycles. The Morgan fingerprint density at radius 3 is 2.71 bits per heavy atom. The van der Waals surface area contributed by atoms with Gasteiger partial charge in [-0.3, -0.25) is 4.79 Å². The van der Waals surface area contributed by atoms with Crippen molar-refractivity contribution in [1.29, 1.82) is 0 Å². The lowest BCUT2D eigenvalue weighted by Crippen LogP contribution is -2.31. The molecule has 0 N–H and O–H groups in total. The van der Waals surface area contributed by atoms with Crippen molar-refractivity contribution in [3.05, 3.63) is 28.8 Å². The minimum Gasteiger partial charge on any atom is -0.341 e. The molecule has 0 aliphatic carbocycles. The molecule has 1 amide bonds. The van der Waals surface area contributed by atoms with Crippen LogP contribution in [0.4, 0.5) is 4.39 Å². The Kier molecular flexibility index (Phi) is 4.04. The van der Waals surface area contributed by atoms with Crippen LogP contribution in [0.1, 0.15) is 18.7 Å². The molecule has 1 fully saturated rings. The molecule has 1 aromatic carbocycles. The third-order valence-electron chi connectivity index (χ3n) is 3.74. The van der Waals surface area contributed by atoms with Gasteiger partial charge in [0, 0.05) is 19.2 Å². The highest BCUT2D eigenvalue weighted by Crippen LogP contribution is 2.25. The van der Waals surface area contributed by atoms with Crippen LogP contribution in [0, 0.1) is 5.82 Å². The van der Waals surface area contributed by atoms with Crippen LogP contribution in [0.2, 0.25) is 5.02 Å². The topological polar surface area (TPSA) is 38.1 Å². The van der Waals surface area contributed by atoms with Gasteiger partial charge in [0.05, 0.1) is 21.9 Å². The summed E-state index contributed by atoms with van der Waals surface area (Å²) in [4.78, 5) is 18.4. The minimum absolute atomic E-state index is 0.00789. The Labute approximate surface area is 131 Å². The second-order valence-electron chi connectivity index (χ2n) is 5.09. The number of hydrogen-bond acceptors (Lipinski definition) is 2. The van der Waals surface area contributed by atoms with Gasteiger partial charge in [0.15, 0.2) is 0 Å². The molecule has 21 heavy (non-hydrogen) atoms. The molecular formula is C14H14Cl2FN3O. The third-order valence-corrected chi connectivity index (χ3v) is 4.27. The van der Waals surface area contributed by atoms with E-state index in [0.717, 1.165) is 25.9 Å². The van der Waals surface area contributed by atoms with Gasteiger partial charge in [0.25, 0.3) is 0 Å². The van der Waals surface area contributed by atoms with Gasteiger partial charge in [0.1, 0.15) is 18.2 Å². The molecule has 2 aromatic rings. The maximum atomic E-state index is 13.7. The number of aromatic nitrogens is 2. The molecule has 7 heteroatoms. The number of halogens is 3. The van der Waals surface area contributed by atoms with Crippen LogP contribution < -0.4 is 0 Å². The largest absolute Gasteiger partial charge is 0.341 e. The van der Waals surface area contributed by atoms with Crippen LogP contribution in [-0.4, -0.2) is 33.4 Å². The number of rotatable bonds is 3. The maximum Gasteiger partial charge on any atom is 0.242 e. The molecule has 0 atom stereocenters. The Hall–Kier alpha value is -1.33. The van der Waals surface area contributed by atoms with Crippen LogP contribution in [0.3, 0.4) is 0 Å². The Morgan fingerprint density at radius 1 is 1.33 bits per heavy atom. The zero-order valence-corrected chi connectivity index (χ0v) is 12.8. The fourth-order valence-corrected chi connectivity index (χ4v) is 3.01. The predicted molar refractivity (Wildman–Crippen MR) is 80.1 cm³/mol. The van der Waals surface area contributed by atoms with Crippen LogP contribution >= 0.6 is 23.2 Å². The Balaban J connectivity index is 1.99. The highest BCUT2D eigenvalue weighted by Gasteiger charge is 2.21. The fourth-order valence-electron chi connectivity index (χ4n) is 2.65. The standard InChI is InChI=1S/C14H14Cl2FN3O/c15-7-13-18-11-5-9(16)10(17)6-12(11)20(13)8-14(21)19-3-1-2-4-19/h5-6H,1-4,7-8H2. The Bertz CT molecular complexity index is 695. The first-order valence-corrected chi connectivity index (χ1v) is 7.69. The first kappa shape index (κ1) is 14.6. The average Bonchev–Trinajstić information content (AvgIpc) is 3.09. The average molecular weight is 330 g/mol. The number of amides is 1. The molecule has 0 radical (unpaired) electrons. The van der Waals surface area contributed by atoms with Crippen molar-refractivity contribution in [1.82, 2.24) is 14.5 Å². The number of hydrogen-bond donors (Lipinski definition) is 0. The van der Waals surface area contributed by atoms with Gasteiger partial charge >= 0.3 is 0 Å². The van der Waals surface area contributed by atoms with Crippen LogP contribution in [0.5, 0.6) is 0 Å². The molecule has 2 heterocycles. The first-order valence-electron chi connectivity index (χ1n) is 6.78. The van der Waals surface area contributed by atoms with Crippen LogP contribution in [0.15, 0.2) is 12.1 Å². The van der Waals surface area contributed by atoms with E-state index >= 15 is 0 Å². The van der Waals surface area contributed by atoms with Gasteiger partial charge in [-0.1, -0.05) is 11.6 Å². The van der Waals surface area contributed by atoms with Crippen molar-refractivity contribution >= 4 is 40.1 Å². The van der Waals surface area contributed by atoms with E-state index < -0.39 is 5.82 Å². The number of alkyl halides is 1. The quantitative estimate of drug-likeness (QED) is 0.811. The minimum atomic E-state index is -0.528. The van der Waals surface area contributed by atoms with Gasteiger partial charge in [-0.05, 0) is 18.9 Å². The highest BCUT2D eigenvalue weighted by molar-refractivity contribution is 6.31. The summed E-state index contributed by atoms with van der Waals surface area (Å²) in [6.45, 7) is 1.68. The smallest absolute Gasteiger partial charge is 0.242 e. The molecule has 1 aliphatic rings. The number of nitrogens with zero attached hydrogens (tertiary/aromatic N) is 3. The molecule has 0 spiro atoms. The molecule has 1 saturated heterocycles. The lowest BCUT2D eigenvalue weighted by atomic mass is 10.3. The normalized spacial score (nSPS) is 15.1. The number of benzene rings is 1. The number of fused-ring (bicyclic) bond motifs is 1. The molecule has 0 bridgehead atoms. The van der Waals surface area contributed by atoms with Crippen molar-refractivity contribution in [2.75, 3.05) is 13.1 Å². The molecule has 0 unspecified atom stereocenters. The van der Waals surface area contributed by atoms with E-state index in [-0.39, 0.29) is 23.4 Å². The van der Waals surface area contributed by atoms with Crippen LogP contribution in [0.25, 0.3) is 11.0 Å². The third kappa shape index (κ3) is 2.72. The summed E-state index contributed by atoms with van der Waals surface area (Å²) in [5.74, 6) is 0.177. The monoisotopic (exact) mass is 329 g/mol. The molecule has 0 saturated carbocycles. The predicted octanol–water partition coefficient (Wildman–Crippen LogP) is 3.19. The summed E-state index contributed by atoms with van der Waals surface area (Å²) in [5, 5.41) is 0.0131. The zero-order valence-electron chi connectivity index (χ0n) is 11.3. The fraction of sp³-hybridized carbons (Fsp3) is 0.429. The Morgan fingerprint density at radius 2 is 2.05 bits per heavy atom. The summed E-state index contributed by atoms with van der Waals surface area (Å²) < 4.78 is 15.3. The van der Waals surface area contributed by atoms with Gasteiger partial charge in [-0.25, -0.2) is 9.37 Å². The number of imidazole rings is 1. The highest BCUT2D eigenvalue weighted by atomic mass is 35.5. The van der Waals surface area contributed by atoms with E-state index in [4.69, 9.17) is 23.2 Å². The van der Waals surface area contributed by atoms with Crippen LogP contribution in [-0.2, 0) is 17.2 Å². The van der Waals surface area contributed by atoms with Crippen molar-refractivity contribution in [3.8, 4) is 0 Å². The summed E-state index contributed by atoms with van der Waals surface area (Å²) in [6.07, 6.45) is 2.06. The summed E-state index contributed by atoms with van der Waals surface area (Å²) >= 11 is 11.7. The van der Waals surface area contributed by atoms with E-state index in [1.54, 1.807) is 4.57 Å². The maximum absolute atomic E-state index is 13.7. The molecule has 1 aliphatic heterocycles. The van der Waals surface area contributed by atoms with Gasteiger partial charge in [0.2, 0.25) is 5.91 Å². The lowest BCUT2D eigenvalue weighted by Gasteiger charge is -2.16. The summed E-state index contributed by atoms with van der Waals surface area (Å²) in [6, 6.07) is 2.76. The SMILES string of the molecule is O=C(Cn1c(CCl)nc2cc(Cl)c(F)cc21)N1CCCC1. The summed E-state index contributed by atoms with van der Waals surface area (Å²) in [5.41, 5.74) is 1.09. The van der Waals surface area contributed by atoms with Crippen molar-refractivity contribution in [3.63, 3.8) is 0 Å². The van der Waals surface area contributed by atoms with Gasteiger partial charge in [-0.2, -0.15) is 0 Å². The number of carbonyl (C=O) groups is 1. The van der Waals surface area contributed by atoms with E-state index in [1.165, 1.54) is 12.1 Å². The molecule has 112 valence electrons. The van der Waals surface area contributed by atoms with Crippen molar-refractivity contribution < 1.29 is 9.18 Å². The van der Waals surface area contributed by atoms with E-state index in [1.807, 2.05) is 4.90 Å². The van der Waals surface area contributed by atoms with E-state index in [9.17, 15) is 9.18 Å². The van der Waals surface area contributed by atoms with Gasteiger partial charge < -0.3 is 9.47 Å². The van der Waals surface area contributed by atoms with Gasteiger partial charge in [-0.15, -0.1) is 11.6 Å². The molecule has 3 rings (SSSR count). The second kappa shape index (κ2) is 5.81. The van der Waals surface area contributed by atoms with Crippen molar-refractivity contribution in [2.24, 2.45) is 0 Å². The van der Waals surface area contributed by atoms with E-state index in [2.05, 4.69) is 4.98 Å². The van der Waals surface area contributed by atoms with E-state index in [0.29, 0.717) is 16.9 Å². The number of carbonyl (C=O) groups excluding carboxylic acids is 1. The number of likely N-dealkylation sites (tertiary alicyclic amines) is 1. The molecular weight excluding hydrogens is 316 g/mol. The molecule has 4 nitrogen and oxygen atoms in total. The first-order chi connectivity index (χ1) is 10.1. The zero-order chi connectivity index (χ0) is 15.0. The lowest BCUT2D eigenvalue weighted by molar-refractivity contribution is -0.130. The second-order valence-corrected chi connectivity index (χ2v) is 5.77. The van der Waals surface area contributed by atoms with Crippen molar-refractivity contribution in [2.45, 2.75) is 25.3 Å². The summed E-state index contributed by atoms with van der Waals surface area (Å²) in [7, 11) is 0.